The number of anilines is 3. The van der Waals surface area contributed by atoms with Gasteiger partial charge in [0, 0.05) is 36.4 Å². The van der Waals surface area contributed by atoms with Crippen molar-refractivity contribution >= 4 is 50.6 Å². The van der Waals surface area contributed by atoms with Crippen LogP contribution < -0.4 is 20.3 Å². The minimum atomic E-state index is -0.330. The van der Waals surface area contributed by atoms with Crippen LogP contribution in [-0.4, -0.2) is 36.0 Å². The Morgan fingerprint density at radius 2 is 1.94 bits per heavy atom. The second-order valence-corrected chi connectivity index (χ2v) is 9.58. The van der Waals surface area contributed by atoms with Crippen LogP contribution >= 0.6 is 27.5 Å². The van der Waals surface area contributed by atoms with E-state index in [2.05, 4.69) is 43.5 Å². The van der Waals surface area contributed by atoms with E-state index in [0.717, 1.165) is 53.0 Å². The minimum Gasteiger partial charge on any atom is -0.496 e. The number of nitrogens with one attached hydrogen (secondary N) is 2. The number of methoxy groups -OCH3 is 1. The molecule has 0 atom stereocenters. The number of hydrogen-bond donors (Lipinski definition) is 2. The van der Waals surface area contributed by atoms with Gasteiger partial charge in [-0.15, -0.1) is 0 Å². The van der Waals surface area contributed by atoms with Gasteiger partial charge in [-0.25, -0.2) is 4.79 Å². The molecule has 0 spiro atoms. The van der Waals surface area contributed by atoms with E-state index in [1.165, 1.54) is 0 Å². The van der Waals surface area contributed by atoms with E-state index in [1.54, 1.807) is 30.1 Å². The van der Waals surface area contributed by atoms with E-state index in [9.17, 15) is 4.79 Å². The highest BCUT2D eigenvalue weighted by molar-refractivity contribution is 9.10. The molecule has 1 saturated heterocycles. The first-order valence-corrected chi connectivity index (χ1v) is 12.0. The maximum Gasteiger partial charge on any atom is 0.323 e. The molecular formula is C24H27BrClN5O2. The lowest BCUT2D eigenvalue weighted by Crippen LogP contribution is -2.33. The fourth-order valence-corrected chi connectivity index (χ4v) is 4.82. The van der Waals surface area contributed by atoms with Crippen LogP contribution in [0.4, 0.5) is 21.9 Å². The Balaban J connectivity index is 1.55. The predicted molar refractivity (Wildman–Crippen MR) is 138 cm³/mol. The first kappa shape index (κ1) is 23.4. The second-order valence-electron chi connectivity index (χ2n) is 8.29. The SMILES string of the molecule is COc1ccc(NC(=O)Nc2ccc(Cl)cc2N2CCC(C)CC2)cc1-c1c(Br)cnn1C. The fraction of sp³-hybridized carbons (Fsp3) is 0.333. The number of urea groups is 1. The lowest BCUT2D eigenvalue weighted by molar-refractivity contribution is 0.262. The zero-order chi connectivity index (χ0) is 23.5. The molecular weight excluding hydrogens is 506 g/mol. The van der Waals surface area contributed by atoms with Crippen LogP contribution in [-0.2, 0) is 7.05 Å². The number of rotatable bonds is 5. The zero-order valence-corrected chi connectivity index (χ0v) is 21.2. The van der Waals surface area contributed by atoms with Crippen molar-refractivity contribution in [1.82, 2.24) is 9.78 Å². The van der Waals surface area contributed by atoms with Crippen molar-refractivity contribution in [3.05, 3.63) is 52.1 Å². The van der Waals surface area contributed by atoms with Gasteiger partial charge in [-0.2, -0.15) is 5.10 Å². The van der Waals surface area contributed by atoms with Crippen molar-refractivity contribution < 1.29 is 9.53 Å². The highest BCUT2D eigenvalue weighted by atomic mass is 79.9. The van der Waals surface area contributed by atoms with E-state index >= 15 is 0 Å². The van der Waals surface area contributed by atoms with E-state index < -0.39 is 0 Å². The van der Waals surface area contributed by atoms with Gasteiger partial charge in [0.2, 0.25) is 0 Å². The normalized spacial score (nSPS) is 14.3. The molecule has 9 heteroatoms. The fourth-order valence-electron chi connectivity index (χ4n) is 4.09. The van der Waals surface area contributed by atoms with E-state index in [4.69, 9.17) is 16.3 Å². The quantitative estimate of drug-likeness (QED) is 0.399. The molecule has 2 N–H and O–H groups in total. The summed E-state index contributed by atoms with van der Waals surface area (Å²) in [5, 5.41) is 10.9. The average Bonchev–Trinajstić information content (AvgIpc) is 3.13. The third-order valence-electron chi connectivity index (χ3n) is 5.94. The van der Waals surface area contributed by atoms with E-state index in [-0.39, 0.29) is 6.03 Å². The van der Waals surface area contributed by atoms with Gasteiger partial charge in [-0.3, -0.25) is 4.68 Å². The number of ether oxygens (including phenoxy) is 1. The number of carbonyl (C=O) groups is 1. The Bertz CT molecular complexity index is 1140. The first-order chi connectivity index (χ1) is 15.9. The van der Waals surface area contributed by atoms with Crippen LogP contribution in [0.3, 0.4) is 0 Å². The smallest absolute Gasteiger partial charge is 0.323 e. The van der Waals surface area contributed by atoms with Gasteiger partial charge < -0.3 is 20.3 Å². The van der Waals surface area contributed by atoms with Crippen molar-refractivity contribution in [3.63, 3.8) is 0 Å². The summed E-state index contributed by atoms with van der Waals surface area (Å²) in [4.78, 5) is 15.2. The van der Waals surface area contributed by atoms with Gasteiger partial charge >= 0.3 is 6.03 Å². The number of aryl methyl sites for hydroxylation is 1. The summed E-state index contributed by atoms with van der Waals surface area (Å²) in [5.74, 6) is 1.40. The number of aromatic nitrogens is 2. The largest absolute Gasteiger partial charge is 0.496 e. The molecule has 0 aliphatic carbocycles. The number of carbonyl (C=O) groups excluding carboxylic acids is 1. The molecule has 2 heterocycles. The lowest BCUT2D eigenvalue weighted by atomic mass is 9.98. The third kappa shape index (κ3) is 5.28. The number of piperidine rings is 1. The topological polar surface area (TPSA) is 71.4 Å². The summed E-state index contributed by atoms with van der Waals surface area (Å²) in [6.45, 7) is 4.16. The molecule has 0 bridgehead atoms. The molecule has 1 aliphatic rings. The molecule has 4 rings (SSSR count). The van der Waals surface area contributed by atoms with Crippen molar-refractivity contribution in [3.8, 4) is 17.0 Å². The molecule has 1 aromatic heterocycles. The molecule has 1 fully saturated rings. The third-order valence-corrected chi connectivity index (χ3v) is 6.75. The first-order valence-electron chi connectivity index (χ1n) is 10.8. The maximum absolute atomic E-state index is 12.9. The average molecular weight is 533 g/mol. The molecule has 2 amide bonds. The van der Waals surface area contributed by atoms with E-state index in [0.29, 0.717) is 22.4 Å². The highest BCUT2D eigenvalue weighted by Gasteiger charge is 2.20. The number of benzene rings is 2. The molecule has 33 heavy (non-hydrogen) atoms. The van der Waals surface area contributed by atoms with Crippen LogP contribution in [0.2, 0.25) is 5.02 Å². The molecule has 7 nitrogen and oxygen atoms in total. The highest BCUT2D eigenvalue weighted by Crippen LogP contribution is 2.37. The monoisotopic (exact) mass is 531 g/mol. The van der Waals surface area contributed by atoms with E-state index in [1.807, 2.05) is 31.3 Å². The Labute approximate surface area is 207 Å². The summed E-state index contributed by atoms with van der Waals surface area (Å²) in [5.41, 5.74) is 3.99. The van der Waals surface area contributed by atoms with Crippen molar-refractivity contribution in [2.45, 2.75) is 19.8 Å². The maximum atomic E-state index is 12.9. The lowest BCUT2D eigenvalue weighted by Gasteiger charge is -2.33. The summed E-state index contributed by atoms with van der Waals surface area (Å²) < 4.78 is 8.12. The van der Waals surface area contributed by atoms with Crippen LogP contribution in [0.5, 0.6) is 5.75 Å². The number of nitrogens with zero attached hydrogens (tertiary/aromatic N) is 3. The number of halogens is 2. The van der Waals surface area contributed by atoms with Gasteiger partial charge in [0.05, 0.1) is 34.8 Å². The summed E-state index contributed by atoms with van der Waals surface area (Å²) in [7, 11) is 3.47. The Kier molecular flexibility index (Phi) is 7.14. The molecule has 0 unspecified atom stereocenters. The van der Waals surface area contributed by atoms with Crippen LogP contribution in [0.25, 0.3) is 11.3 Å². The predicted octanol–water partition coefficient (Wildman–Crippen LogP) is 6.39. The van der Waals surface area contributed by atoms with Gasteiger partial charge in [0.25, 0.3) is 0 Å². The molecule has 3 aromatic rings. The molecule has 1 aliphatic heterocycles. The van der Waals surface area contributed by atoms with Gasteiger partial charge in [-0.05, 0) is 71.1 Å². The van der Waals surface area contributed by atoms with Crippen molar-refractivity contribution in [2.75, 3.05) is 35.7 Å². The molecule has 0 radical (unpaired) electrons. The Morgan fingerprint density at radius 3 is 2.61 bits per heavy atom. The van der Waals surface area contributed by atoms with Crippen molar-refractivity contribution in [1.29, 1.82) is 0 Å². The van der Waals surface area contributed by atoms with Gasteiger partial charge in [0.1, 0.15) is 5.75 Å². The van der Waals surface area contributed by atoms with Crippen LogP contribution in [0.1, 0.15) is 19.8 Å². The Hall–Kier alpha value is -2.71. The number of amides is 2. The molecule has 0 saturated carbocycles. The van der Waals surface area contributed by atoms with Gasteiger partial charge in [0.15, 0.2) is 0 Å². The zero-order valence-electron chi connectivity index (χ0n) is 18.9. The van der Waals surface area contributed by atoms with Crippen LogP contribution in [0.15, 0.2) is 47.1 Å². The minimum absolute atomic E-state index is 0.330. The summed E-state index contributed by atoms with van der Waals surface area (Å²) >= 11 is 9.81. The summed E-state index contributed by atoms with van der Waals surface area (Å²) in [6, 6.07) is 10.7. The molecule has 174 valence electrons. The standard InChI is InChI=1S/C24H27BrClN5O2/c1-15-8-10-31(11-9-15)21-12-16(26)4-6-20(21)29-24(32)28-17-5-7-22(33-3)18(13-17)23-19(25)14-27-30(23)2/h4-7,12-15H,8-11H2,1-3H3,(H2,28,29,32). The van der Waals surface area contributed by atoms with Gasteiger partial charge in [-0.1, -0.05) is 18.5 Å². The molecule has 2 aromatic carbocycles. The number of hydrogen-bond acceptors (Lipinski definition) is 4. The van der Waals surface area contributed by atoms with Crippen LogP contribution in [0, 0.1) is 5.92 Å². The second kappa shape index (κ2) is 10.1. The summed E-state index contributed by atoms with van der Waals surface area (Å²) in [6.07, 6.45) is 3.97. The Morgan fingerprint density at radius 1 is 1.18 bits per heavy atom. The van der Waals surface area contributed by atoms with Crippen molar-refractivity contribution in [2.24, 2.45) is 13.0 Å².